The van der Waals surface area contributed by atoms with E-state index in [2.05, 4.69) is 40.0 Å². The number of likely N-dealkylation sites (N-methyl/N-ethyl adjacent to an activating group) is 1. The van der Waals surface area contributed by atoms with Gasteiger partial charge in [-0.2, -0.15) is 0 Å². The normalized spacial score (nSPS) is 17.7. The van der Waals surface area contributed by atoms with Crippen molar-refractivity contribution in [3.63, 3.8) is 0 Å². The summed E-state index contributed by atoms with van der Waals surface area (Å²) in [5.41, 5.74) is 2.55. The Morgan fingerprint density at radius 1 is 1.15 bits per heavy atom. The number of H-pyrrole nitrogens is 1. The van der Waals surface area contributed by atoms with Gasteiger partial charge in [0.15, 0.2) is 0 Å². The number of hydrogen-bond acceptors (Lipinski definition) is 3. The molecule has 0 bridgehead atoms. The number of aromatic nitrogens is 1. The molecule has 3 rings (SSSR count). The summed E-state index contributed by atoms with van der Waals surface area (Å²) in [5.74, 6) is 0.925. The SMILES string of the molecule is CCN1CCN(Cc2c[nH]c3ccc(OC)cc23)CC1. The summed E-state index contributed by atoms with van der Waals surface area (Å²) in [6.45, 7) is 9.10. The van der Waals surface area contributed by atoms with Gasteiger partial charge in [0.05, 0.1) is 7.11 Å². The van der Waals surface area contributed by atoms with E-state index in [9.17, 15) is 0 Å². The summed E-state index contributed by atoms with van der Waals surface area (Å²) in [4.78, 5) is 8.40. The Balaban J connectivity index is 1.74. The van der Waals surface area contributed by atoms with Crippen LogP contribution in [0.2, 0.25) is 0 Å². The third-order valence-corrected chi connectivity index (χ3v) is 4.28. The van der Waals surface area contributed by atoms with Gasteiger partial charge in [0.2, 0.25) is 0 Å². The predicted octanol–water partition coefficient (Wildman–Crippen LogP) is 2.31. The van der Waals surface area contributed by atoms with Gasteiger partial charge in [-0.1, -0.05) is 6.92 Å². The van der Waals surface area contributed by atoms with E-state index in [0.29, 0.717) is 0 Å². The van der Waals surface area contributed by atoms with Crippen LogP contribution >= 0.6 is 0 Å². The molecule has 4 nitrogen and oxygen atoms in total. The van der Waals surface area contributed by atoms with Crippen molar-refractivity contribution in [3.05, 3.63) is 30.0 Å². The fourth-order valence-corrected chi connectivity index (χ4v) is 2.92. The molecule has 1 N–H and O–H groups in total. The molecular weight excluding hydrogens is 250 g/mol. The Kier molecular flexibility index (Phi) is 3.94. The van der Waals surface area contributed by atoms with Gasteiger partial charge in [0, 0.05) is 49.8 Å². The van der Waals surface area contributed by atoms with Crippen LogP contribution in [0.4, 0.5) is 0 Å². The number of hydrogen-bond donors (Lipinski definition) is 1. The zero-order chi connectivity index (χ0) is 13.9. The van der Waals surface area contributed by atoms with E-state index in [4.69, 9.17) is 4.74 Å². The Morgan fingerprint density at radius 3 is 2.60 bits per heavy atom. The predicted molar refractivity (Wildman–Crippen MR) is 82.2 cm³/mol. The highest BCUT2D eigenvalue weighted by Gasteiger charge is 2.16. The molecule has 1 saturated heterocycles. The van der Waals surface area contributed by atoms with E-state index < -0.39 is 0 Å². The van der Waals surface area contributed by atoms with Crippen LogP contribution in [0.5, 0.6) is 5.75 Å². The largest absolute Gasteiger partial charge is 0.497 e. The van der Waals surface area contributed by atoms with Crippen LogP contribution in [-0.2, 0) is 6.54 Å². The molecule has 0 saturated carbocycles. The van der Waals surface area contributed by atoms with Gasteiger partial charge in [0.25, 0.3) is 0 Å². The van der Waals surface area contributed by atoms with Crippen LogP contribution in [-0.4, -0.2) is 54.6 Å². The topological polar surface area (TPSA) is 31.5 Å². The number of piperazine rings is 1. The first kappa shape index (κ1) is 13.5. The third kappa shape index (κ3) is 2.67. The molecule has 0 spiro atoms. The van der Waals surface area contributed by atoms with Crippen molar-refractivity contribution in [2.45, 2.75) is 13.5 Å². The zero-order valence-corrected chi connectivity index (χ0v) is 12.4. The molecule has 1 fully saturated rings. The van der Waals surface area contributed by atoms with E-state index >= 15 is 0 Å². The highest BCUT2D eigenvalue weighted by atomic mass is 16.5. The molecule has 20 heavy (non-hydrogen) atoms. The number of methoxy groups -OCH3 is 1. The molecule has 1 aromatic carbocycles. The van der Waals surface area contributed by atoms with Crippen LogP contribution in [0.25, 0.3) is 10.9 Å². The second kappa shape index (κ2) is 5.85. The molecule has 2 aromatic rings. The maximum absolute atomic E-state index is 5.33. The standard InChI is InChI=1S/C16H23N3O/c1-3-18-6-8-19(9-7-18)12-13-11-17-16-5-4-14(20-2)10-15(13)16/h4-5,10-11,17H,3,6-9,12H2,1-2H3. The van der Waals surface area contributed by atoms with Gasteiger partial charge in [0.1, 0.15) is 5.75 Å². The van der Waals surface area contributed by atoms with Gasteiger partial charge < -0.3 is 14.6 Å². The van der Waals surface area contributed by atoms with Gasteiger partial charge in [-0.15, -0.1) is 0 Å². The van der Waals surface area contributed by atoms with E-state index in [1.54, 1.807) is 7.11 Å². The Hall–Kier alpha value is -1.52. The number of nitrogens with zero attached hydrogens (tertiary/aromatic N) is 2. The van der Waals surface area contributed by atoms with Gasteiger partial charge in [-0.05, 0) is 30.3 Å². The lowest BCUT2D eigenvalue weighted by Gasteiger charge is -2.33. The van der Waals surface area contributed by atoms with Crippen molar-refractivity contribution < 1.29 is 4.74 Å². The lowest BCUT2D eigenvalue weighted by Crippen LogP contribution is -2.45. The Bertz CT molecular complexity index is 570. The molecule has 0 amide bonds. The second-order valence-electron chi connectivity index (χ2n) is 5.44. The van der Waals surface area contributed by atoms with Crippen molar-refractivity contribution >= 4 is 10.9 Å². The lowest BCUT2D eigenvalue weighted by atomic mass is 10.1. The number of benzene rings is 1. The van der Waals surface area contributed by atoms with Crippen molar-refractivity contribution in [1.29, 1.82) is 0 Å². The Morgan fingerprint density at radius 2 is 1.90 bits per heavy atom. The molecule has 4 heteroatoms. The van der Waals surface area contributed by atoms with Gasteiger partial charge >= 0.3 is 0 Å². The number of aromatic amines is 1. The minimum absolute atomic E-state index is 0.925. The number of fused-ring (bicyclic) bond motifs is 1. The molecule has 1 aliphatic heterocycles. The highest BCUT2D eigenvalue weighted by Crippen LogP contribution is 2.24. The van der Waals surface area contributed by atoms with Crippen molar-refractivity contribution in [2.24, 2.45) is 0 Å². The van der Waals surface area contributed by atoms with E-state index in [0.717, 1.165) is 31.9 Å². The summed E-state index contributed by atoms with van der Waals surface area (Å²) in [6, 6.07) is 6.22. The minimum atomic E-state index is 0.925. The van der Waals surface area contributed by atoms with Gasteiger partial charge in [-0.3, -0.25) is 4.90 Å². The molecular formula is C16H23N3O. The Labute approximate surface area is 120 Å². The van der Waals surface area contributed by atoms with E-state index in [1.807, 2.05) is 6.07 Å². The van der Waals surface area contributed by atoms with Crippen LogP contribution in [0.15, 0.2) is 24.4 Å². The van der Waals surface area contributed by atoms with Crippen LogP contribution in [0, 0.1) is 0 Å². The number of nitrogens with one attached hydrogen (secondary N) is 1. The van der Waals surface area contributed by atoms with Crippen molar-refractivity contribution in [3.8, 4) is 5.75 Å². The second-order valence-corrected chi connectivity index (χ2v) is 5.44. The minimum Gasteiger partial charge on any atom is -0.497 e. The number of ether oxygens (including phenoxy) is 1. The summed E-state index contributed by atoms with van der Waals surface area (Å²) in [6.07, 6.45) is 2.14. The fraction of sp³-hybridized carbons (Fsp3) is 0.500. The van der Waals surface area contributed by atoms with Crippen molar-refractivity contribution in [1.82, 2.24) is 14.8 Å². The summed E-state index contributed by atoms with van der Waals surface area (Å²) in [5, 5.41) is 1.28. The molecule has 0 radical (unpaired) electrons. The molecule has 2 heterocycles. The maximum atomic E-state index is 5.33. The smallest absolute Gasteiger partial charge is 0.119 e. The third-order valence-electron chi connectivity index (χ3n) is 4.28. The first-order valence-corrected chi connectivity index (χ1v) is 7.39. The fourth-order valence-electron chi connectivity index (χ4n) is 2.92. The number of rotatable bonds is 4. The molecule has 0 aliphatic carbocycles. The maximum Gasteiger partial charge on any atom is 0.119 e. The highest BCUT2D eigenvalue weighted by molar-refractivity contribution is 5.84. The first-order chi connectivity index (χ1) is 9.80. The lowest BCUT2D eigenvalue weighted by molar-refractivity contribution is 0.132. The van der Waals surface area contributed by atoms with E-state index in [-0.39, 0.29) is 0 Å². The average Bonchev–Trinajstić information content (AvgIpc) is 2.90. The van der Waals surface area contributed by atoms with Crippen LogP contribution in [0.3, 0.4) is 0 Å². The quantitative estimate of drug-likeness (QED) is 0.927. The molecule has 108 valence electrons. The van der Waals surface area contributed by atoms with E-state index in [1.165, 1.54) is 29.6 Å². The summed E-state index contributed by atoms with van der Waals surface area (Å²) in [7, 11) is 1.72. The first-order valence-electron chi connectivity index (χ1n) is 7.39. The summed E-state index contributed by atoms with van der Waals surface area (Å²) >= 11 is 0. The molecule has 1 aliphatic rings. The summed E-state index contributed by atoms with van der Waals surface area (Å²) < 4.78 is 5.33. The van der Waals surface area contributed by atoms with Gasteiger partial charge in [-0.25, -0.2) is 0 Å². The average molecular weight is 273 g/mol. The monoisotopic (exact) mass is 273 g/mol. The van der Waals surface area contributed by atoms with Crippen molar-refractivity contribution in [2.75, 3.05) is 39.8 Å². The van der Waals surface area contributed by atoms with Crippen LogP contribution < -0.4 is 4.74 Å². The van der Waals surface area contributed by atoms with Crippen LogP contribution in [0.1, 0.15) is 12.5 Å². The zero-order valence-electron chi connectivity index (χ0n) is 12.4. The molecule has 0 unspecified atom stereocenters. The molecule has 1 aromatic heterocycles. The molecule has 0 atom stereocenters.